The Morgan fingerprint density at radius 3 is 2.40 bits per heavy atom. The Labute approximate surface area is 172 Å². The molecular formula is C24H17N5O. The fourth-order valence-corrected chi connectivity index (χ4v) is 3.14. The van der Waals surface area contributed by atoms with Crippen LogP contribution in [0.25, 0.3) is 22.2 Å². The molecule has 6 heteroatoms. The van der Waals surface area contributed by atoms with Gasteiger partial charge in [-0.2, -0.15) is 9.98 Å². The Morgan fingerprint density at radius 1 is 0.833 bits per heavy atom. The lowest BCUT2D eigenvalue weighted by Gasteiger charge is -1.99. The van der Waals surface area contributed by atoms with Gasteiger partial charge in [-0.1, -0.05) is 66.7 Å². The number of aromatic nitrogens is 2. The summed E-state index contributed by atoms with van der Waals surface area (Å²) < 4.78 is 5.63. The maximum Gasteiger partial charge on any atom is 0.324 e. The number of fused-ring (bicyclic) bond motifs is 1. The van der Waals surface area contributed by atoms with E-state index in [0.717, 1.165) is 27.7 Å². The van der Waals surface area contributed by atoms with Gasteiger partial charge in [0.1, 0.15) is 12.0 Å². The minimum Gasteiger partial charge on any atom is -0.430 e. The van der Waals surface area contributed by atoms with Crippen LogP contribution in [0, 0.1) is 0 Å². The van der Waals surface area contributed by atoms with Crippen LogP contribution < -0.4 is 0 Å². The number of aliphatic imine (C=N–C) groups is 1. The summed E-state index contributed by atoms with van der Waals surface area (Å²) in [5, 5.41) is 9.72. The predicted octanol–water partition coefficient (Wildman–Crippen LogP) is 6.69. The summed E-state index contributed by atoms with van der Waals surface area (Å²) in [6.45, 7) is 0. The second-order valence-corrected chi connectivity index (χ2v) is 6.60. The van der Waals surface area contributed by atoms with Crippen LogP contribution in [-0.4, -0.2) is 15.8 Å². The Bertz CT molecular complexity index is 1330. The first kappa shape index (κ1) is 17.8. The number of amidine groups is 1. The number of hydrogen-bond acceptors (Lipinski definition) is 4. The molecule has 5 aromatic rings. The smallest absolute Gasteiger partial charge is 0.324 e. The third kappa shape index (κ3) is 3.66. The number of oxazole rings is 1. The van der Waals surface area contributed by atoms with Crippen molar-refractivity contribution in [2.75, 3.05) is 0 Å². The van der Waals surface area contributed by atoms with Crippen LogP contribution in [-0.2, 0) is 0 Å². The number of hydrogen-bond donors (Lipinski definition) is 1. The number of aromatic amines is 1. The van der Waals surface area contributed by atoms with Crippen molar-refractivity contribution in [1.82, 2.24) is 9.97 Å². The van der Waals surface area contributed by atoms with E-state index in [1.807, 2.05) is 91.1 Å². The lowest BCUT2D eigenvalue weighted by molar-refractivity contribution is 0.570. The highest BCUT2D eigenvalue weighted by Crippen LogP contribution is 2.29. The topological polar surface area (TPSA) is 78.9 Å². The molecule has 0 aliphatic carbocycles. The fraction of sp³-hybridized carbons (Fsp3) is 0. The molecule has 0 aliphatic heterocycles. The average Bonchev–Trinajstić information content (AvgIpc) is 3.44. The number of H-pyrrole nitrogens is 1. The van der Waals surface area contributed by atoms with E-state index in [9.17, 15) is 0 Å². The molecule has 0 unspecified atom stereocenters. The SMILES string of the molecule is c1ccc(N=N/C(=N/c2nc(-c3c[nH]c4ccccc34)co2)c2ccccc2)cc1. The highest BCUT2D eigenvalue weighted by atomic mass is 16.4. The standard InChI is InChI=1S/C24H17N5O/c1-3-9-17(10-4-1)23(29-28-18-11-5-2-6-12-18)27-24-26-22(16-30-24)20-15-25-21-14-8-7-13-19(20)21/h1-16,25H/b27-23+,29-28?. The van der Waals surface area contributed by atoms with Gasteiger partial charge in [0.2, 0.25) is 0 Å². The van der Waals surface area contributed by atoms with Gasteiger partial charge < -0.3 is 9.40 Å². The van der Waals surface area contributed by atoms with E-state index < -0.39 is 0 Å². The zero-order valence-corrected chi connectivity index (χ0v) is 15.9. The van der Waals surface area contributed by atoms with E-state index >= 15 is 0 Å². The largest absolute Gasteiger partial charge is 0.430 e. The predicted molar refractivity (Wildman–Crippen MR) is 117 cm³/mol. The van der Waals surface area contributed by atoms with E-state index in [0.29, 0.717) is 11.5 Å². The van der Waals surface area contributed by atoms with Crippen molar-refractivity contribution >= 4 is 28.4 Å². The number of para-hydroxylation sites is 1. The summed E-state index contributed by atoms with van der Waals surface area (Å²) in [5.41, 5.74) is 4.28. The summed E-state index contributed by atoms with van der Waals surface area (Å²) in [7, 11) is 0. The average molecular weight is 391 g/mol. The summed E-state index contributed by atoms with van der Waals surface area (Å²) >= 11 is 0. The minimum absolute atomic E-state index is 0.223. The first-order chi connectivity index (χ1) is 14.9. The van der Waals surface area contributed by atoms with E-state index in [1.54, 1.807) is 6.26 Å². The molecule has 2 heterocycles. The maximum absolute atomic E-state index is 5.63. The second kappa shape index (κ2) is 7.97. The normalized spacial score (nSPS) is 12.1. The van der Waals surface area contributed by atoms with Gasteiger partial charge in [0.15, 0.2) is 5.84 Å². The summed E-state index contributed by atoms with van der Waals surface area (Å²) in [5.74, 6) is 0.423. The summed E-state index contributed by atoms with van der Waals surface area (Å²) in [6.07, 6.45) is 3.52. The molecule has 6 nitrogen and oxygen atoms in total. The molecule has 30 heavy (non-hydrogen) atoms. The lowest BCUT2D eigenvalue weighted by atomic mass is 10.1. The van der Waals surface area contributed by atoms with Crippen molar-refractivity contribution in [3.63, 3.8) is 0 Å². The Balaban J connectivity index is 1.52. The van der Waals surface area contributed by atoms with Gasteiger partial charge in [-0.05, 0) is 18.2 Å². The lowest BCUT2D eigenvalue weighted by Crippen LogP contribution is -1.95. The number of benzene rings is 3. The first-order valence-electron chi connectivity index (χ1n) is 9.50. The highest BCUT2D eigenvalue weighted by molar-refractivity contribution is 6.00. The Hall–Kier alpha value is -4.32. The molecule has 0 aliphatic rings. The number of nitrogens with one attached hydrogen (secondary N) is 1. The quantitative estimate of drug-likeness (QED) is 0.210. The molecule has 1 N–H and O–H groups in total. The van der Waals surface area contributed by atoms with Gasteiger partial charge >= 0.3 is 6.01 Å². The molecule has 0 amide bonds. The van der Waals surface area contributed by atoms with Crippen LogP contribution in [0.15, 0.2) is 117 Å². The molecule has 0 bridgehead atoms. The van der Waals surface area contributed by atoms with Gasteiger partial charge in [-0.3, -0.25) is 0 Å². The van der Waals surface area contributed by atoms with E-state index in [2.05, 4.69) is 25.2 Å². The van der Waals surface area contributed by atoms with Crippen LogP contribution in [0.3, 0.4) is 0 Å². The van der Waals surface area contributed by atoms with Crippen molar-refractivity contribution in [1.29, 1.82) is 0 Å². The molecule has 144 valence electrons. The van der Waals surface area contributed by atoms with Crippen LogP contribution in [0.1, 0.15) is 5.56 Å². The Morgan fingerprint density at radius 2 is 1.57 bits per heavy atom. The fourth-order valence-electron chi connectivity index (χ4n) is 3.14. The third-order valence-electron chi connectivity index (χ3n) is 4.61. The maximum atomic E-state index is 5.63. The van der Waals surface area contributed by atoms with Gasteiger partial charge in [0, 0.05) is 28.2 Å². The molecule has 0 saturated heterocycles. The number of azo groups is 1. The molecule has 2 aromatic heterocycles. The van der Waals surface area contributed by atoms with Crippen LogP contribution in [0.2, 0.25) is 0 Å². The molecule has 0 spiro atoms. The Kier molecular flexibility index (Phi) is 4.72. The second-order valence-electron chi connectivity index (χ2n) is 6.60. The van der Waals surface area contributed by atoms with E-state index in [1.165, 1.54) is 0 Å². The van der Waals surface area contributed by atoms with E-state index in [-0.39, 0.29) is 6.01 Å². The van der Waals surface area contributed by atoms with Crippen molar-refractivity contribution < 1.29 is 4.42 Å². The molecular weight excluding hydrogens is 374 g/mol. The van der Waals surface area contributed by atoms with Crippen LogP contribution >= 0.6 is 0 Å². The van der Waals surface area contributed by atoms with Gasteiger partial charge in [0.25, 0.3) is 0 Å². The van der Waals surface area contributed by atoms with Gasteiger partial charge in [-0.25, -0.2) is 0 Å². The number of nitrogens with zero attached hydrogens (tertiary/aromatic N) is 4. The van der Waals surface area contributed by atoms with E-state index in [4.69, 9.17) is 4.42 Å². The van der Waals surface area contributed by atoms with Gasteiger partial charge in [0.05, 0.1) is 5.69 Å². The molecule has 0 radical (unpaired) electrons. The van der Waals surface area contributed by atoms with Crippen molar-refractivity contribution in [3.05, 3.63) is 103 Å². The van der Waals surface area contributed by atoms with Crippen molar-refractivity contribution in [3.8, 4) is 11.3 Å². The molecule has 0 atom stereocenters. The van der Waals surface area contributed by atoms with Crippen molar-refractivity contribution in [2.45, 2.75) is 0 Å². The highest BCUT2D eigenvalue weighted by Gasteiger charge is 2.12. The molecule has 5 rings (SSSR count). The molecule has 0 fully saturated rings. The van der Waals surface area contributed by atoms with Crippen LogP contribution in [0.4, 0.5) is 11.7 Å². The zero-order chi connectivity index (χ0) is 20.2. The third-order valence-corrected chi connectivity index (χ3v) is 4.61. The summed E-state index contributed by atoms with van der Waals surface area (Å²) in [4.78, 5) is 12.3. The molecule has 3 aromatic carbocycles. The van der Waals surface area contributed by atoms with Crippen LogP contribution in [0.5, 0.6) is 0 Å². The number of rotatable bonds is 4. The summed E-state index contributed by atoms with van der Waals surface area (Å²) in [6, 6.07) is 27.4. The minimum atomic E-state index is 0.223. The van der Waals surface area contributed by atoms with Gasteiger partial charge in [-0.15, -0.1) is 10.2 Å². The zero-order valence-electron chi connectivity index (χ0n) is 15.9. The molecule has 0 saturated carbocycles. The monoisotopic (exact) mass is 391 g/mol. The van der Waals surface area contributed by atoms with Crippen molar-refractivity contribution in [2.24, 2.45) is 15.2 Å². The first-order valence-corrected chi connectivity index (χ1v) is 9.50.